The molecule has 90 valence electrons. The van der Waals surface area contributed by atoms with Crippen LogP contribution in [0, 0.1) is 0 Å². The molecule has 1 aliphatic rings. The van der Waals surface area contributed by atoms with Gasteiger partial charge in [-0.1, -0.05) is 33.6 Å². The maximum atomic E-state index is 6.27. The van der Waals surface area contributed by atoms with E-state index in [1.165, 1.54) is 0 Å². The van der Waals surface area contributed by atoms with Gasteiger partial charge in [0.1, 0.15) is 5.84 Å². The predicted molar refractivity (Wildman–Crippen MR) is 73.5 cm³/mol. The monoisotopic (exact) mass is 314 g/mol. The van der Waals surface area contributed by atoms with Crippen molar-refractivity contribution in [1.82, 2.24) is 5.32 Å². The van der Waals surface area contributed by atoms with Crippen molar-refractivity contribution in [3.05, 3.63) is 45.2 Å². The summed E-state index contributed by atoms with van der Waals surface area (Å²) in [5.41, 5.74) is 12.4. The number of hydrogen-bond donors (Lipinski definition) is 3. The minimum atomic E-state index is -1.06. The molecule has 0 spiro atoms. The highest BCUT2D eigenvalue weighted by atomic mass is 79.9. The molecule has 1 heterocycles. The van der Waals surface area contributed by atoms with E-state index in [-0.39, 0.29) is 0 Å². The maximum Gasteiger partial charge on any atom is 0.178 e. The van der Waals surface area contributed by atoms with Gasteiger partial charge in [-0.2, -0.15) is 0 Å². The van der Waals surface area contributed by atoms with Crippen LogP contribution in [0.5, 0.6) is 0 Å². The zero-order chi connectivity index (χ0) is 12.6. The summed E-state index contributed by atoms with van der Waals surface area (Å²) in [5, 5.41) is 3.56. The number of nitrogens with one attached hydrogen (secondary N) is 1. The Morgan fingerprint density at radius 3 is 2.82 bits per heavy atom. The summed E-state index contributed by atoms with van der Waals surface area (Å²) in [6, 6.07) is 5.34. The van der Waals surface area contributed by atoms with E-state index in [1.54, 1.807) is 18.3 Å². The van der Waals surface area contributed by atoms with E-state index in [0.717, 1.165) is 10.0 Å². The largest absolute Gasteiger partial charge is 0.397 e. The first kappa shape index (κ1) is 12.4. The van der Waals surface area contributed by atoms with Gasteiger partial charge in [0, 0.05) is 21.3 Å². The first-order valence-corrected chi connectivity index (χ1v) is 6.14. The van der Waals surface area contributed by atoms with E-state index >= 15 is 0 Å². The third-order valence-corrected chi connectivity index (χ3v) is 3.45. The Kier molecular flexibility index (Phi) is 3.16. The molecule has 1 unspecified atom stereocenters. The molecule has 0 fully saturated rings. The van der Waals surface area contributed by atoms with Gasteiger partial charge in [-0.05, 0) is 19.1 Å². The standard InChI is InChI=1S/C11H12BrClN4/c1-6-16-5-10(14)11(15,17-6)8-3-2-7(13)4-9(8)12/h2-5H,14-15H2,1H3,(H,16,17). The van der Waals surface area contributed by atoms with E-state index < -0.39 is 5.66 Å². The fourth-order valence-electron chi connectivity index (χ4n) is 1.67. The number of nitrogens with two attached hydrogens (primary N) is 2. The Morgan fingerprint density at radius 2 is 2.18 bits per heavy atom. The molecule has 4 nitrogen and oxygen atoms in total. The van der Waals surface area contributed by atoms with Crippen molar-refractivity contribution in [1.29, 1.82) is 0 Å². The molecule has 1 atom stereocenters. The smallest absolute Gasteiger partial charge is 0.178 e. The van der Waals surface area contributed by atoms with Gasteiger partial charge in [-0.15, -0.1) is 0 Å². The maximum absolute atomic E-state index is 6.27. The van der Waals surface area contributed by atoms with Crippen molar-refractivity contribution in [3.63, 3.8) is 0 Å². The van der Waals surface area contributed by atoms with Gasteiger partial charge in [-0.3, -0.25) is 5.73 Å². The van der Waals surface area contributed by atoms with Crippen molar-refractivity contribution in [2.45, 2.75) is 12.6 Å². The summed E-state index contributed by atoms with van der Waals surface area (Å²) in [7, 11) is 0. The number of hydrogen-bond acceptors (Lipinski definition) is 4. The first-order chi connectivity index (χ1) is 7.93. The second-order valence-electron chi connectivity index (χ2n) is 3.83. The molecular formula is C11H12BrClN4. The number of aliphatic imine (C=N–C) groups is 1. The Bertz CT molecular complexity index is 526. The summed E-state index contributed by atoms with van der Waals surface area (Å²) in [6.45, 7) is 1.83. The second kappa shape index (κ2) is 4.33. The van der Waals surface area contributed by atoms with Gasteiger partial charge in [-0.25, -0.2) is 4.99 Å². The minimum Gasteiger partial charge on any atom is -0.397 e. The average molecular weight is 316 g/mol. The van der Waals surface area contributed by atoms with Gasteiger partial charge < -0.3 is 11.1 Å². The minimum absolute atomic E-state index is 0.450. The van der Waals surface area contributed by atoms with Crippen LogP contribution in [0.2, 0.25) is 5.02 Å². The van der Waals surface area contributed by atoms with Crippen molar-refractivity contribution >= 4 is 33.4 Å². The number of rotatable bonds is 1. The van der Waals surface area contributed by atoms with Gasteiger partial charge in [0.15, 0.2) is 5.66 Å². The topological polar surface area (TPSA) is 76.4 Å². The highest BCUT2D eigenvalue weighted by Gasteiger charge is 2.34. The van der Waals surface area contributed by atoms with E-state index in [4.69, 9.17) is 23.1 Å². The van der Waals surface area contributed by atoms with Crippen molar-refractivity contribution in [2.75, 3.05) is 0 Å². The quantitative estimate of drug-likeness (QED) is 0.742. The Labute approximate surface area is 113 Å². The molecule has 0 radical (unpaired) electrons. The van der Waals surface area contributed by atoms with Crippen LogP contribution < -0.4 is 16.8 Å². The second-order valence-corrected chi connectivity index (χ2v) is 5.12. The highest BCUT2D eigenvalue weighted by molar-refractivity contribution is 9.10. The molecular weight excluding hydrogens is 304 g/mol. The van der Waals surface area contributed by atoms with E-state index in [0.29, 0.717) is 16.6 Å². The van der Waals surface area contributed by atoms with Gasteiger partial charge >= 0.3 is 0 Å². The fraction of sp³-hybridized carbons (Fsp3) is 0.182. The summed E-state index contributed by atoms with van der Waals surface area (Å²) in [6.07, 6.45) is 1.66. The summed E-state index contributed by atoms with van der Waals surface area (Å²) >= 11 is 9.33. The third-order valence-electron chi connectivity index (χ3n) is 2.56. The van der Waals surface area contributed by atoms with Crippen LogP contribution >= 0.6 is 27.5 Å². The molecule has 0 aliphatic carbocycles. The third kappa shape index (κ3) is 2.18. The zero-order valence-electron chi connectivity index (χ0n) is 9.17. The van der Waals surface area contributed by atoms with Crippen LogP contribution in [0.4, 0.5) is 0 Å². The van der Waals surface area contributed by atoms with Crippen LogP contribution in [0.1, 0.15) is 12.5 Å². The van der Waals surface area contributed by atoms with Crippen molar-refractivity contribution in [3.8, 4) is 0 Å². The van der Waals surface area contributed by atoms with Crippen LogP contribution in [-0.2, 0) is 5.66 Å². The van der Waals surface area contributed by atoms with E-state index in [2.05, 4.69) is 26.2 Å². The van der Waals surface area contributed by atoms with Crippen LogP contribution in [0.3, 0.4) is 0 Å². The summed E-state index contributed by atoms with van der Waals surface area (Å²) in [4.78, 5) is 4.37. The zero-order valence-corrected chi connectivity index (χ0v) is 11.5. The lowest BCUT2D eigenvalue weighted by Crippen LogP contribution is -2.45. The summed E-state index contributed by atoms with van der Waals surface area (Å²) in [5.74, 6) is 0.712. The number of nitrogens with zero attached hydrogens (tertiary/aromatic N) is 1. The SMILES string of the molecule is CC1=NC(N)(c2ccc(Cl)cc2Br)C(N)=CN1. The van der Waals surface area contributed by atoms with E-state index in [9.17, 15) is 0 Å². The van der Waals surface area contributed by atoms with Gasteiger partial charge in [0.05, 0.1) is 5.70 Å². The average Bonchev–Trinajstić information content (AvgIpc) is 2.23. The lowest BCUT2D eigenvalue weighted by molar-refractivity contribution is 0.532. The Balaban J connectivity index is 2.57. The van der Waals surface area contributed by atoms with Crippen LogP contribution in [0.25, 0.3) is 0 Å². The van der Waals surface area contributed by atoms with E-state index in [1.807, 2.05) is 13.0 Å². The lowest BCUT2D eigenvalue weighted by atomic mass is 9.97. The Hall–Kier alpha value is -1.04. The number of halogens is 2. The molecule has 0 saturated carbocycles. The normalized spacial score (nSPS) is 23.8. The van der Waals surface area contributed by atoms with Crippen LogP contribution in [-0.4, -0.2) is 5.84 Å². The Morgan fingerprint density at radius 1 is 1.47 bits per heavy atom. The molecule has 6 heteroatoms. The van der Waals surface area contributed by atoms with Gasteiger partial charge in [0.25, 0.3) is 0 Å². The van der Waals surface area contributed by atoms with Crippen LogP contribution in [0.15, 0.2) is 39.6 Å². The van der Waals surface area contributed by atoms with Crippen molar-refractivity contribution < 1.29 is 0 Å². The predicted octanol–water partition coefficient (Wildman–Crippen LogP) is 2.04. The van der Waals surface area contributed by atoms with Gasteiger partial charge in [0.2, 0.25) is 0 Å². The highest BCUT2D eigenvalue weighted by Crippen LogP contribution is 2.34. The molecule has 0 bridgehead atoms. The fourth-order valence-corrected chi connectivity index (χ4v) is 2.65. The molecule has 0 saturated heterocycles. The molecule has 0 amide bonds. The molecule has 17 heavy (non-hydrogen) atoms. The summed E-state index contributed by atoms with van der Waals surface area (Å²) < 4.78 is 0.780. The molecule has 5 N–H and O–H groups in total. The molecule has 1 aliphatic heterocycles. The lowest BCUT2D eigenvalue weighted by Gasteiger charge is -2.31. The molecule has 1 aromatic carbocycles. The molecule has 1 aromatic rings. The molecule has 0 aromatic heterocycles. The number of amidine groups is 1. The molecule has 2 rings (SSSR count). The van der Waals surface area contributed by atoms with Crippen molar-refractivity contribution in [2.24, 2.45) is 16.5 Å². The number of benzene rings is 1. The first-order valence-electron chi connectivity index (χ1n) is 4.97.